The van der Waals surface area contributed by atoms with Gasteiger partial charge in [0.05, 0.1) is 39.4 Å². The zero-order valence-electron chi connectivity index (χ0n) is 8.39. The fourth-order valence-corrected chi connectivity index (χ4v) is 2.94. The van der Waals surface area contributed by atoms with E-state index in [0.29, 0.717) is 16.3 Å². The fraction of sp³-hybridized carbons (Fsp3) is 0.500. The minimum Gasteiger partial charge on any atom is -0.396 e. The lowest BCUT2D eigenvalue weighted by Crippen LogP contribution is -2.16. The van der Waals surface area contributed by atoms with E-state index in [0.717, 1.165) is 19.4 Å². The number of pyridine rings is 1. The fourth-order valence-electron chi connectivity index (χ4n) is 1.64. The van der Waals surface area contributed by atoms with Crippen molar-refractivity contribution in [3.63, 3.8) is 0 Å². The summed E-state index contributed by atoms with van der Waals surface area (Å²) in [6.07, 6.45) is 5.32. The Bertz CT molecular complexity index is 364. The Morgan fingerprint density at radius 2 is 2.53 bits per heavy atom. The number of nitrogens with two attached hydrogens (primary N) is 1. The van der Waals surface area contributed by atoms with Gasteiger partial charge < -0.3 is 10.5 Å². The summed E-state index contributed by atoms with van der Waals surface area (Å²) in [7, 11) is -1.07. The summed E-state index contributed by atoms with van der Waals surface area (Å²) >= 11 is 0. The average Bonchev–Trinajstić information content (AvgIpc) is 2.71. The van der Waals surface area contributed by atoms with Gasteiger partial charge in [-0.2, -0.15) is 0 Å². The summed E-state index contributed by atoms with van der Waals surface area (Å²) in [4.78, 5) is 4.54. The maximum Gasteiger partial charge on any atom is 0.0694 e. The summed E-state index contributed by atoms with van der Waals surface area (Å²) < 4.78 is 17.4. The molecule has 5 heteroatoms. The zero-order valence-corrected chi connectivity index (χ0v) is 9.20. The van der Waals surface area contributed by atoms with Gasteiger partial charge in [-0.3, -0.25) is 9.19 Å². The molecule has 1 aromatic rings. The van der Waals surface area contributed by atoms with Crippen molar-refractivity contribution in [2.24, 2.45) is 0 Å². The second-order valence-electron chi connectivity index (χ2n) is 3.56. The van der Waals surface area contributed by atoms with Gasteiger partial charge >= 0.3 is 0 Å². The molecule has 0 amide bonds. The molecule has 1 aliphatic rings. The van der Waals surface area contributed by atoms with Crippen LogP contribution in [0.25, 0.3) is 0 Å². The van der Waals surface area contributed by atoms with E-state index in [-0.39, 0.29) is 6.10 Å². The van der Waals surface area contributed by atoms with Gasteiger partial charge in [-0.1, -0.05) is 0 Å². The molecule has 0 saturated carbocycles. The van der Waals surface area contributed by atoms with E-state index < -0.39 is 10.8 Å². The van der Waals surface area contributed by atoms with Crippen LogP contribution in [-0.2, 0) is 15.5 Å². The van der Waals surface area contributed by atoms with E-state index in [1.165, 1.54) is 6.20 Å². The standard InChI is InChI=1S/C10H14N2O2S/c11-9-6-12-4-3-10(9)15(13)7-8-2-1-5-14-8/h3-4,6,8H,1-2,5,7,11H2. The molecule has 2 heterocycles. The lowest BCUT2D eigenvalue weighted by Gasteiger charge is -2.09. The summed E-state index contributed by atoms with van der Waals surface area (Å²) in [5.74, 6) is 0.536. The Morgan fingerprint density at radius 3 is 3.20 bits per heavy atom. The summed E-state index contributed by atoms with van der Waals surface area (Å²) in [5, 5.41) is 0. The van der Waals surface area contributed by atoms with Crippen molar-refractivity contribution in [2.75, 3.05) is 18.1 Å². The van der Waals surface area contributed by atoms with E-state index in [4.69, 9.17) is 10.5 Å². The predicted octanol–water partition coefficient (Wildman–Crippen LogP) is 0.950. The van der Waals surface area contributed by atoms with E-state index in [1.54, 1.807) is 12.3 Å². The molecule has 2 unspecified atom stereocenters. The number of aromatic nitrogens is 1. The van der Waals surface area contributed by atoms with Gasteiger partial charge in [0.2, 0.25) is 0 Å². The maximum atomic E-state index is 11.9. The largest absolute Gasteiger partial charge is 0.396 e. The van der Waals surface area contributed by atoms with Crippen LogP contribution in [0.3, 0.4) is 0 Å². The smallest absolute Gasteiger partial charge is 0.0694 e. The van der Waals surface area contributed by atoms with Crippen molar-refractivity contribution in [1.29, 1.82) is 0 Å². The molecule has 0 aliphatic carbocycles. The number of anilines is 1. The molecule has 1 fully saturated rings. The highest BCUT2D eigenvalue weighted by Crippen LogP contribution is 2.19. The average molecular weight is 226 g/mol. The highest BCUT2D eigenvalue weighted by Gasteiger charge is 2.20. The number of hydrogen-bond donors (Lipinski definition) is 1. The Balaban J connectivity index is 2.04. The van der Waals surface area contributed by atoms with E-state index >= 15 is 0 Å². The second-order valence-corrected chi connectivity index (χ2v) is 5.02. The minimum absolute atomic E-state index is 0.124. The Labute approximate surface area is 91.3 Å². The SMILES string of the molecule is Nc1cnccc1S(=O)CC1CCCO1. The first-order chi connectivity index (χ1) is 7.27. The van der Waals surface area contributed by atoms with E-state index in [1.807, 2.05) is 0 Å². The summed E-state index contributed by atoms with van der Waals surface area (Å²) in [5.41, 5.74) is 6.19. The quantitative estimate of drug-likeness (QED) is 0.833. The van der Waals surface area contributed by atoms with Crippen LogP contribution in [0.4, 0.5) is 5.69 Å². The highest BCUT2D eigenvalue weighted by atomic mass is 32.2. The molecule has 2 N–H and O–H groups in total. The first kappa shape index (κ1) is 10.6. The van der Waals surface area contributed by atoms with Crippen molar-refractivity contribution in [2.45, 2.75) is 23.8 Å². The first-order valence-electron chi connectivity index (χ1n) is 4.97. The third-order valence-corrected chi connectivity index (χ3v) is 3.95. The predicted molar refractivity (Wildman–Crippen MR) is 58.9 cm³/mol. The molecule has 4 nitrogen and oxygen atoms in total. The van der Waals surface area contributed by atoms with Crippen LogP contribution in [0.2, 0.25) is 0 Å². The molecule has 1 aromatic heterocycles. The van der Waals surface area contributed by atoms with Crippen molar-refractivity contribution >= 4 is 16.5 Å². The molecule has 0 spiro atoms. The van der Waals surface area contributed by atoms with E-state index in [2.05, 4.69) is 4.98 Å². The Hall–Kier alpha value is -0.940. The number of ether oxygens (including phenoxy) is 1. The van der Waals surface area contributed by atoms with Gasteiger partial charge in [0.15, 0.2) is 0 Å². The Kier molecular flexibility index (Phi) is 3.33. The van der Waals surface area contributed by atoms with E-state index in [9.17, 15) is 4.21 Å². The van der Waals surface area contributed by atoms with Crippen LogP contribution in [0.1, 0.15) is 12.8 Å². The molecular weight excluding hydrogens is 212 g/mol. The molecule has 0 aromatic carbocycles. The number of nitrogen functional groups attached to an aromatic ring is 1. The number of hydrogen-bond acceptors (Lipinski definition) is 4. The topological polar surface area (TPSA) is 65.2 Å². The monoisotopic (exact) mass is 226 g/mol. The minimum atomic E-state index is -1.07. The highest BCUT2D eigenvalue weighted by molar-refractivity contribution is 7.85. The normalized spacial score (nSPS) is 22.8. The van der Waals surface area contributed by atoms with Crippen LogP contribution in [0.5, 0.6) is 0 Å². The van der Waals surface area contributed by atoms with Crippen molar-refractivity contribution in [3.05, 3.63) is 18.5 Å². The molecule has 2 atom stereocenters. The van der Waals surface area contributed by atoms with Gasteiger partial charge in [-0.05, 0) is 18.9 Å². The molecule has 0 radical (unpaired) electrons. The van der Waals surface area contributed by atoms with Gasteiger partial charge in [-0.25, -0.2) is 0 Å². The molecule has 0 bridgehead atoms. The molecule has 15 heavy (non-hydrogen) atoms. The molecule has 1 saturated heterocycles. The van der Waals surface area contributed by atoms with Gasteiger partial charge in [-0.15, -0.1) is 0 Å². The van der Waals surface area contributed by atoms with Gasteiger partial charge in [0.1, 0.15) is 0 Å². The Morgan fingerprint density at radius 1 is 1.67 bits per heavy atom. The van der Waals surface area contributed by atoms with Crippen LogP contribution in [-0.4, -0.2) is 27.7 Å². The number of nitrogens with zero attached hydrogens (tertiary/aromatic N) is 1. The lowest BCUT2D eigenvalue weighted by molar-refractivity contribution is 0.128. The summed E-state index contributed by atoms with van der Waals surface area (Å²) in [6.45, 7) is 0.785. The summed E-state index contributed by atoms with van der Waals surface area (Å²) in [6, 6.07) is 1.71. The van der Waals surface area contributed by atoms with Crippen molar-refractivity contribution < 1.29 is 8.95 Å². The first-order valence-corrected chi connectivity index (χ1v) is 6.29. The van der Waals surface area contributed by atoms with Crippen LogP contribution in [0.15, 0.2) is 23.4 Å². The van der Waals surface area contributed by atoms with Crippen molar-refractivity contribution in [3.8, 4) is 0 Å². The second kappa shape index (κ2) is 4.72. The molecule has 2 rings (SSSR count). The van der Waals surface area contributed by atoms with Gasteiger partial charge in [0.25, 0.3) is 0 Å². The maximum absolute atomic E-state index is 11.9. The van der Waals surface area contributed by atoms with Crippen LogP contribution >= 0.6 is 0 Å². The van der Waals surface area contributed by atoms with Crippen LogP contribution < -0.4 is 5.73 Å². The molecule has 82 valence electrons. The van der Waals surface area contributed by atoms with Crippen molar-refractivity contribution in [1.82, 2.24) is 4.98 Å². The number of rotatable bonds is 3. The zero-order chi connectivity index (χ0) is 10.7. The third-order valence-electron chi connectivity index (χ3n) is 2.42. The lowest BCUT2D eigenvalue weighted by atomic mass is 10.3. The molecule has 1 aliphatic heterocycles. The van der Waals surface area contributed by atoms with Crippen LogP contribution in [0, 0.1) is 0 Å². The third kappa shape index (κ3) is 2.54. The van der Waals surface area contributed by atoms with Gasteiger partial charge in [0, 0.05) is 12.8 Å². The molecular formula is C10H14N2O2S.